The molecule has 0 bridgehead atoms. The summed E-state index contributed by atoms with van der Waals surface area (Å²) < 4.78 is 44.1. The van der Waals surface area contributed by atoms with Crippen molar-refractivity contribution in [3.63, 3.8) is 0 Å². The number of amides is 2. The minimum absolute atomic E-state index is 0.00998. The summed E-state index contributed by atoms with van der Waals surface area (Å²) in [7, 11) is -3.79. The van der Waals surface area contributed by atoms with E-state index in [2.05, 4.69) is 10.0 Å². The minimum Gasteiger partial charge on any atom is -0.490 e. The van der Waals surface area contributed by atoms with E-state index in [1.807, 2.05) is 20.8 Å². The topological polar surface area (TPSA) is 123 Å². The van der Waals surface area contributed by atoms with E-state index in [9.17, 15) is 18.0 Å². The largest absolute Gasteiger partial charge is 0.490 e. The first-order chi connectivity index (χ1) is 15.5. The highest BCUT2D eigenvalue weighted by Crippen LogP contribution is 2.31. The lowest BCUT2D eigenvalue weighted by Gasteiger charge is -2.33. The molecule has 2 heterocycles. The van der Waals surface area contributed by atoms with Gasteiger partial charge in [-0.2, -0.15) is 0 Å². The van der Waals surface area contributed by atoms with Crippen molar-refractivity contribution in [1.82, 2.24) is 14.9 Å². The summed E-state index contributed by atoms with van der Waals surface area (Å²) in [6, 6.07) is 4.40. The fourth-order valence-corrected chi connectivity index (χ4v) is 4.57. The van der Waals surface area contributed by atoms with Gasteiger partial charge >= 0.3 is 6.09 Å². The lowest BCUT2D eigenvalue weighted by Crippen LogP contribution is -2.48. The molecule has 33 heavy (non-hydrogen) atoms. The van der Waals surface area contributed by atoms with Crippen molar-refractivity contribution in [2.75, 3.05) is 32.8 Å². The normalized spacial score (nSPS) is 17.2. The first-order valence-electron chi connectivity index (χ1n) is 11.2. The summed E-state index contributed by atoms with van der Waals surface area (Å²) in [6.45, 7) is 7.41. The number of hydrogen-bond donors (Lipinski definition) is 2. The molecule has 0 radical (unpaired) electrons. The number of ether oxygens (including phenoxy) is 3. The maximum atomic E-state index is 12.6. The van der Waals surface area contributed by atoms with E-state index < -0.39 is 15.6 Å². The van der Waals surface area contributed by atoms with E-state index in [0.717, 1.165) is 6.42 Å². The number of nitrogens with zero attached hydrogens (tertiary/aromatic N) is 1. The van der Waals surface area contributed by atoms with Gasteiger partial charge in [0.2, 0.25) is 15.9 Å². The van der Waals surface area contributed by atoms with E-state index in [1.165, 1.54) is 12.1 Å². The molecule has 2 N–H and O–H groups in total. The summed E-state index contributed by atoms with van der Waals surface area (Å²) in [4.78, 5) is 26.1. The molecule has 1 saturated heterocycles. The number of carbonyl (C=O) groups excluding carboxylic acids is 2. The zero-order chi connectivity index (χ0) is 24.1. The van der Waals surface area contributed by atoms with E-state index >= 15 is 0 Å². The molecule has 10 nitrogen and oxygen atoms in total. The molecular formula is C22H33N3O7S. The van der Waals surface area contributed by atoms with Gasteiger partial charge in [-0.3, -0.25) is 4.79 Å². The highest BCUT2D eigenvalue weighted by atomic mass is 32.2. The number of nitrogens with one attached hydrogen (secondary N) is 2. The van der Waals surface area contributed by atoms with Crippen molar-refractivity contribution in [2.24, 2.45) is 0 Å². The van der Waals surface area contributed by atoms with E-state index in [1.54, 1.807) is 11.0 Å². The number of hydrogen-bond acceptors (Lipinski definition) is 7. The van der Waals surface area contributed by atoms with Crippen LogP contribution in [0.25, 0.3) is 0 Å². The average molecular weight is 484 g/mol. The molecule has 0 atom stereocenters. The maximum Gasteiger partial charge on any atom is 0.410 e. The SMILES string of the molecule is CC(C)(C)OC(=O)N1CCC(NC(=O)CCNS(=O)(=O)c2ccc3c(c2)OCCCO3)CC1. The Kier molecular flexibility index (Phi) is 8.06. The van der Waals surface area contributed by atoms with Crippen LogP contribution in [0.3, 0.4) is 0 Å². The second kappa shape index (κ2) is 10.6. The standard InChI is InChI=1S/C22H33N3O7S/c1-22(2,3)32-21(27)25-11-8-16(9-12-25)24-20(26)7-10-23-33(28,29)17-5-6-18-19(15-17)31-14-4-13-30-18/h5-6,15-16,23H,4,7-14H2,1-3H3,(H,24,26). The van der Waals surface area contributed by atoms with Crippen LogP contribution in [0.1, 0.15) is 46.5 Å². The quantitative estimate of drug-likeness (QED) is 0.635. The third-order valence-electron chi connectivity index (χ3n) is 5.19. The molecular weight excluding hydrogens is 450 g/mol. The molecule has 0 saturated carbocycles. The molecule has 2 amide bonds. The second-order valence-electron chi connectivity index (χ2n) is 9.12. The van der Waals surface area contributed by atoms with Crippen LogP contribution in [0, 0.1) is 0 Å². The van der Waals surface area contributed by atoms with Gasteiger partial charge in [0.25, 0.3) is 0 Å². The molecule has 3 rings (SSSR count). The van der Waals surface area contributed by atoms with E-state index in [-0.39, 0.29) is 35.9 Å². The fourth-order valence-electron chi connectivity index (χ4n) is 3.53. The van der Waals surface area contributed by atoms with Gasteiger partial charge < -0.3 is 24.4 Å². The third-order valence-corrected chi connectivity index (χ3v) is 6.64. The third kappa shape index (κ3) is 7.50. The minimum atomic E-state index is -3.79. The monoisotopic (exact) mass is 483 g/mol. The molecule has 1 aromatic carbocycles. The van der Waals surface area contributed by atoms with Crippen LogP contribution >= 0.6 is 0 Å². The molecule has 2 aliphatic heterocycles. The Labute approximate surface area is 195 Å². The van der Waals surface area contributed by atoms with Crippen LogP contribution in [0.4, 0.5) is 4.79 Å². The predicted octanol–water partition coefficient (Wildman–Crippen LogP) is 2.03. The first-order valence-corrected chi connectivity index (χ1v) is 12.7. The Hall–Kier alpha value is -2.53. The molecule has 2 aliphatic rings. The van der Waals surface area contributed by atoms with Gasteiger partial charge in [-0.1, -0.05) is 0 Å². The van der Waals surface area contributed by atoms with Crippen molar-refractivity contribution in [2.45, 2.75) is 63.0 Å². The zero-order valence-corrected chi connectivity index (χ0v) is 20.2. The van der Waals surface area contributed by atoms with Crippen LogP contribution in [-0.2, 0) is 19.6 Å². The van der Waals surface area contributed by atoms with Gasteiger partial charge in [-0.05, 0) is 45.7 Å². The number of carbonyl (C=O) groups is 2. The Morgan fingerprint density at radius 1 is 1.12 bits per heavy atom. The molecule has 0 aliphatic carbocycles. The van der Waals surface area contributed by atoms with Gasteiger partial charge in [0.1, 0.15) is 5.60 Å². The Bertz CT molecular complexity index is 951. The van der Waals surface area contributed by atoms with E-state index in [4.69, 9.17) is 14.2 Å². The van der Waals surface area contributed by atoms with Gasteiger partial charge in [0, 0.05) is 44.6 Å². The summed E-state index contributed by atoms with van der Waals surface area (Å²) in [6.07, 6.45) is 1.62. The number of fused-ring (bicyclic) bond motifs is 1. The number of benzene rings is 1. The molecule has 184 valence electrons. The summed E-state index contributed by atoms with van der Waals surface area (Å²) >= 11 is 0. The van der Waals surface area contributed by atoms with Crippen LogP contribution in [0.15, 0.2) is 23.1 Å². The van der Waals surface area contributed by atoms with Crippen molar-refractivity contribution < 1.29 is 32.2 Å². The highest BCUT2D eigenvalue weighted by Gasteiger charge is 2.27. The van der Waals surface area contributed by atoms with Crippen molar-refractivity contribution in [1.29, 1.82) is 0 Å². The van der Waals surface area contributed by atoms with Crippen molar-refractivity contribution in [3.8, 4) is 11.5 Å². The van der Waals surface area contributed by atoms with Gasteiger partial charge in [-0.15, -0.1) is 0 Å². The molecule has 0 spiro atoms. The highest BCUT2D eigenvalue weighted by molar-refractivity contribution is 7.89. The molecule has 11 heteroatoms. The predicted molar refractivity (Wildman–Crippen MR) is 121 cm³/mol. The Morgan fingerprint density at radius 3 is 2.45 bits per heavy atom. The summed E-state index contributed by atoms with van der Waals surface area (Å²) in [5.41, 5.74) is -0.547. The maximum absolute atomic E-state index is 12.6. The number of likely N-dealkylation sites (tertiary alicyclic amines) is 1. The van der Waals surface area contributed by atoms with E-state index in [0.29, 0.717) is 50.6 Å². The Balaban J connectivity index is 1.42. The van der Waals surface area contributed by atoms with Gasteiger partial charge in [0.05, 0.1) is 18.1 Å². The van der Waals surface area contributed by atoms with Crippen LogP contribution in [0.2, 0.25) is 0 Å². The number of sulfonamides is 1. The van der Waals surface area contributed by atoms with Crippen molar-refractivity contribution >= 4 is 22.0 Å². The summed E-state index contributed by atoms with van der Waals surface area (Å²) in [5, 5.41) is 2.91. The second-order valence-corrected chi connectivity index (χ2v) is 10.9. The van der Waals surface area contributed by atoms with Crippen LogP contribution in [0.5, 0.6) is 11.5 Å². The fraction of sp³-hybridized carbons (Fsp3) is 0.636. The lowest BCUT2D eigenvalue weighted by atomic mass is 10.1. The number of piperidine rings is 1. The lowest BCUT2D eigenvalue weighted by molar-refractivity contribution is -0.121. The molecule has 0 aromatic heterocycles. The Morgan fingerprint density at radius 2 is 1.79 bits per heavy atom. The number of rotatable bonds is 6. The average Bonchev–Trinajstić information content (AvgIpc) is 2.97. The van der Waals surface area contributed by atoms with Crippen LogP contribution < -0.4 is 19.5 Å². The summed E-state index contributed by atoms with van der Waals surface area (Å²) in [5.74, 6) is 0.668. The molecule has 1 aromatic rings. The molecule has 0 unspecified atom stereocenters. The van der Waals surface area contributed by atoms with Gasteiger partial charge in [0.15, 0.2) is 11.5 Å². The van der Waals surface area contributed by atoms with Crippen LogP contribution in [-0.4, -0.2) is 69.8 Å². The van der Waals surface area contributed by atoms with Crippen molar-refractivity contribution in [3.05, 3.63) is 18.2 Å². The smallest absolute Gasteiger partial charge is 0.410 e. The first kappa shape index (κ1) is 25.1. The zero-order valence-electron chi connectivity index (χ0n) is 19.4. The van der Waals surface area contributed by atoms with Gasteiger partial charge in [-0.25, -0.2) is 17.9 Å². The molecule has 1 fully saturated rings.